The number of non-ortho nitro benzene ring substituents is 1. The first-order valence-corrected chi connectivity index (χ1v) is 10.2. The summed E-state index contributed by atoms with van der Waals surface area (Å²) in [7, 11) is 0. The van der Waals surface area contributed by atoms with Crippen LogP contribution in [-0.2, 0) is 0 Å². The number of aromatic nitrogens is 3. The first kappa shape index (κ1) is 20.1. The summed E-state index contributed by atoms with van der Waals surface area (Å²) in [6.07, 6.45) is 2.06. The van der Waals surface area contributed by atoms with Gasteiger partial charge in [-0.2, -0.15) is 4.98 Å². The van der Waals surface area contributed by atoms with Gasteiger partial charge < -0.3 is 5.32 Å². The zero-order valence-electron chi connectivity index (χ0n) is 17.3. The van der Waals surface area contributed by atoms with E-state index in [1.807, 2.05) is 60.7 Å². The van der Waals surface area contributed by atoms with Crippen LogP contribution < -0.4 is 10.6 Å². The van der Waals surface area contributed by atoms with E-state index in [4.69, 9.17) is 0 Å². The van der Waals surface area contributed by atoms with E-state index in [2.05, 4.69) is 26.8 Å². The molecule has 5 rings (SSSR count). The van der Waals surface area contributed by atoms with E-state index in [0.717, 1.165) is 16.8 Å². The van der Waals surface area contributed by atoms with E-state index in [9.17, 15) is 14.9 Å². The van der Waals surface area contributed by atoms with E-state index in [-0.39, 0.29) is 23.2 Å². The Morgan fingerprint density at radius 3 is 2.30 bits per heavy atom. The summed E-state index contributed by atoms with van der Waals surface area (Å²) in [5.41, 5.74) is 3.09. The van der Waals surface area contributed by atoms with Gasteiger partial charge in [0.1, 0.15) is 6.04 Å². The molecule has 0 unspecified atom stereocenters. The number of rotatable bonds is 5. The van der Waals surface area contributed by atoms with Crippen molar-refractivity contribution in [2.45, 2.75) is 6.04 Å². The number of carbonyl (C=O) groups is 1. The van der Waals surface area contributed by atoms with Gasteiger partial charge in [0.15, 0.2) is 0 Å². The molecule has 162 valence electrons. The smallest absolute Gasteiger partial charge is 0.269 e. The van der Waals surface area contributed by atoms with Gasteiger partial charge in [-0.05, 0) is 29.3 Å². The van der Waals surface area contributed by atoms with E-state index in [1.54, 1.807) is 4.68 Å². The van der Waals surface area contributed by atoms with Gasteiger partial charge in [-0.1, -0.05) is 60.7 Å². The van der Waals surface area contributed by atoms with Crippen molar-refractivity contribution in [3.8, 4) is 0 Å². The summed E-state index contributed by atoms with van der Waals surface area (Å²) in [5.74, 6) is 0.161. The van der Waals surface area contributed by atoms with Crippen LogP contribution in [0.3, 0.4) is 0 Å². The highest BCUT2D eigenvalue weighted by Gasteiger charge is 2.26. The van der Waals surface area contributed by atoms with Gasteiger partial charge in [0.25, 0.3) is 17.5 Å². The minimum Gasteiger partial charge on any atom is -0.324 e. The number of hydrogen-bond acceptors (Lipinski definition) is 6. The number of allylic oxidation sites excluding steroid dienone is 1. The molecule has 0 fully saturated rings. The minimum atomic E-state index is -0.514. The number of anilines is 2. The fraction of sp³-hybridized carbons (Fsp3) is 0.0417. The van der Waals surface area contributed by atoms with Crippen molar-refractivity contribution >= 4 is 29.2 Å². The third-order valence-corrected chi connectivity index (χ3v) is 5.26. The van der Waals surface area contributed by atoms with Crippen LogP contribution in [0, 0.1) is 10.1 Å². The number of nitro groups is 1. The van der Waals surface area contributed by atoms with Crippen LogP contribution in [0.1, 0.15) is 27.5 Å². The molecule has 0 aliphatic carbocycles. The van der Waals surface area contributed by atoms with Crippen molar-refractivity contribution < 1.29 is 9.72 Å². The lowest BCUT2D eigenvalue weighted by molar-refractivity contribution is -0.384. The van der Waals surface area contributed by atoms with Crippen LogP contribution in [0.2, 0.25) is 0 Å². The second kappa shape index (κ2) is 8.39. The molecule has 4 aromatic rings. The normalized spacial score (nSPS) is 14.5. The molecule has 2 heterocycles. The molecule has 1 amide bonds. The number of nitrogens with zero attached hydrogens (tertiary/aromatic N) is 4. The lowest BCUT2D eigenvalue weighted by Crippen LogP contribution is -2.20. The van der Waals surface area contributed by atoms with E-state index < -0.39 is 10.8 Å². The molecule has 33 heavy (non-hydrogen) atoms. The second-order valence-electron chi connectivity index (χ2n) is 7.39. The second-order valence-corrected chi connectivity index (χ2v) is 7.39. The van der Waals surface area contributed by atoms with Crippen molar-refractivity contribution in [2.75, 3.05) is 10.6 Å². The maximum atomic E-state index is 12.6. The Kier molecular flexibility index (Phi) is 5.12. The highest BCUT2D eigenvalue weighted by Crippen LogP contribution is 2.33. The van der Waals surface area contributed by atoms with Crippen LogP contribution in [0.15, 0.2) is 91.0 Å². The molecule has 1 atom stereocenters. The Labute approximate surface area is 188 Å². The Hall–Kier alpha value is -4.79. The Morgan fingerprint density at radius 1 is 0.970 bits per heavy atom. The van der Waals surface area contributed by atoms with Crippen LogP contribution in [-0.4, -0.2) is 25.6 Å². The summed E-state index contributed by atoms with van der Waals surface area (Å²) in [5, 5.41) is 21.3. The van der Waals surface area contributed by atoms with Crippen molar-refractivity contribution in [3.05, 3.63) is 118 Å². The minimum absolute atomic E-state index is 0.0865. The van der Waals surface area contributed by atoms with E-state index >= 15 is 0 Å². The molecule has 2 N–H and O–H groups in total. The number of fused-ring (bicyclic) bond motifs is 1. The molecule has 0 radical (unpaired) electrons. The molecule has 0 saturated carbocycles. The van der Waals surface area contributed by atoms with Crippen molar-refractivity contribution in [1.29, 1.82) is 0 Å². The van der Waals surface area contributed by atoms with Gasteiger partial charge in [0.2, 0.25) is 5.95 Å². The summed E-state index contributed by atoms with van der Waals surface area (Å²) >= 11 is 0. The fourth-order valence-corrected chi connectivity index (χ4v) is 3.63. The Balaban J connectivity index is 1.46. The topological polar surface area (TPSA) is 115 Å². The highest BCUT2D eigenvalue weighted by atomic mass is 16.6. The highest BCUT2D eigenvalue weighted by molar-refractivity contribution is 6.03. The summed E-state index contributed by atoms with van der Waals surface area (Å²) in [6.45, 7) is 0. The summed E-state index contributed by atoms with van der Waals surface area (Å²) in [4.78, 5) is 27.4. The molecule has 1 aromatic heterocycles. The summed E-state index contributed by atoms with van der Waals surface area (Å²) in [6, 6.07) is 24.9. The molecule has 9 heteroatoms. The zero-order chi connectivity index (χ0) is 22.8. The third kappa shape index (κ3) is 4.07. The van der Waals surface area contributed by atoms with Gasteiger partial charge >= 0.3 is 0 Å². The van der Waals surface area contributed by atoms with Gasteiger partial charge in [-0.15, -0.1) is 5.10 Å². The zero-order valence-corrected chi connectivity index (χ0v) is 17.3. The Morgan fingerprint density at radius 2 is 1.64 bits per heavy atom. The quantitative estimate of drug-likeness (QED) is 0.350. The number of hydrogen-bond donors (Lipinski definition) is 2. The Bertz CT molecular complexity index is 1350. The SMILES string of the molecule is O=C(Nc1nc2n(n1)[C@@H](c1ccccc1)C=C(c1ccccc1)N2)c1ccc([N+](=O)[O-])cc1. The van der Waals surface area contributed by atoms with Crippen molar-refractivity contribution in [2.24, 2.45) is 0 Å². The number of nitro benzene ring substituents is 1. The van der Waals surface area contributed by atoms with Gasteiger partial charge in [-0.25, -0.2) is 4.68 Å². The lowest BCUT2D eigenvalue weighted by atomic mass is 10.0. The van der Waals surface area contributed by atoms with Crippen molar-refractivity contribution in [3.63, 3.8) is 0 Å². The van der Waals surface area contributed by atoms with Gasteiger partial charge in [0, 0.05) is 23.4 Å². The molecule has 9 nitrogen and oxygen atoms in total. The third-order valence-electron chi connectivity index (χ3n) is 5.26. The van der Waals surface area contributed by atoms with Crippen LogP contribution in [0.25, 0.3) is 5.70 Å². The number of carbonyl (C=O) groups excluding carboxylic acids is 1. The lowest BCUT2D eigenvalue weighted by Gasteiger charge is -2.24. The first-order valence-electron chi connectivity index (χ1n) is 10.2. The van der Waals surface area contributed by atoms with Crippen LogP contribution in [0.5, 0.6) is 0 Å². The predicted octanol–water partition coefficient (Wildman–Crippen LogP) is 4.49. The predicted molar refractivity (Wildman–Crippen MR) is 124 cm³/mol. The van der Waals surface area contributed by atoms with Gasteiger partial charge in [-0.3, -0.25) is 20.2 Å². The maximum absolute atomic E-state index is 12.6. The molecular formula is C24H18N6O3. The molecule has 0 spiro atoms. The van der Waals surface area contributed by atoms with E-state index in [0.29, 0.717) is 5.95 Å². The number of nitrogens with one attached hydrogen (secondary N) is 2. The van der Waals surface area contributed by atoms with Crippen molar-refractivity contribution in [1.82, 2.24) is 14.8 Å². The van der Waals surface area contributed by atoms with E-state index in [1.165, 1.54) is 24.3 Å². The van der Waals surface area contributed by atoms with Gasteiger partial charge in [0.05, 0.1) is 4.92 Å². The monoisotopic (exact) mass is 438 g/mol. The molecule has 1 aliphatic heterocycles. The maximum Gasteiger partial charge on any atom is 0.269 e. The molecule has 0 bridgehead atoms. The molecular weight excluding hydrogens is 420 g/mol. The molecule has 0 saturated heterocycles. The standard InChI is InChI=1S/C24H18N6O3/c31-22(18-11-13-19(14-12-18)30(32)33)26-23-27-24-25-20(16-7-3-1-4-8-16)15-21(29(24)28-23)17-9-5-2-6-10-17/h1-15,21H,(H2,25,26,27,28,31)/t21-/m1/s1. The van der Waals surface area contributed by atoms with Crippen LogP contribution in [0.4, 0.5) is 17.6 Å². The number of benzene rings is 3. The van der Waals surface area contributed by atoms with Crippen LogP contribution >= 0.6 is 0 Å². The largest absolute Gasteiger partial charge is 0.324 e. The first-order chi connectivity index (χ1) is 16.1. The molecule has 3 aromatic carbocycles. The average molecular weight is 438 g/mol. The molecule has 1 aliphatic rings. The average Bonchev–Trinajstić information content (AvgIpc) is 3.26. The fourth-order valence-electron chi connectivity index (χ4n) is 3.63. The number of amides is 1. The summed E-state index contributed by atoms with van der Waals surface area (Å²) < 4.78 is 1.72.